The van der Waals surface area contributed by atoms with Crippen LogP contribution in [0.5, 0.6) is 0 Å². The molecule has 2 rings (SSSR count). The standard InChI is InChI=1S/C10H13N3O3/c1-6(14)13-4-7(5-13)9-8(10(15)16)3-11-12(9)2/h3,7H,4-5H2,1-2H3,(H,15,16). The molecular formula is C10H13N3O3. The van der Waals surface area contributed by atoms with Crippen molar-refractivity contribution in [1.29, 1.82) is 0 Å². The molecule has 1 N–H and O–H groups in total. The minimum absolute atomic E-state index is 0.0234. The zero-order valence-electron chi connectivity index (χ0n) is 9.17. The summed E-state index contributed by atoms with van der Waals surface area (Å²) in [6, 6.07) is 0. The highest BCUT2D eigenvalue weighted by Gasteiger charge is 2.34. The van der Waals surface area contributed by atoms with E-state index in [0.717, 1.165) is 0 Å². The minimum atomic E-state index is -0.968. The van der Waals surface area contributed by atoms with Gasteiger partial charge in [0.15, 0.2) is 0 Å². The number of hydrogen-bond acceptors (Lipinski definition) is 3. The van der Waals surface area contributed by atoms with Crippen LogP contribution < -0.4 is 0 Å². The van der Waals surface area contributed by atoms with Crippen LogP contribution in [0, 0.1) is 0 Å². The molecule has 0 atom stereocenters. The molecule has 2 heterocycles. The molecule has 0 spiro atoms. The highest BCUT2D eigenvalue weighted by molar-refractivity contribution is 5.89. The molecule has 0 aliphatic carbocycles. The number of aromatic nitrogens is 2. The second-order valence-electron chi connectivity index (χ2n) is 3.99. The Kier molecular flexibility index (Phi) is 2.41. The predicted octanol–water partition coefficient (Wildman–Crippen LogP) is 0.0640. The molecule has 1 aliphatic heterocycles. The molecule has 0 aromatic carbocycles. The largest absolute Gasteiger partial charge is 0.478 e. The number of hydrogen-bond donors (Lipinski definition) is 1. The molecule has 86 valence electrons. The quantitative estimate of drug-likeness (QED) is 0.769. The number of carbonyl (C=O) groups is 2. The first-order valence-corrected chi connectivity index (χ1v) is 5.01. The molecule has 0 unspecified atom stereocenters. The summed E-state index contributed by atoms with van der Waals surface area (Å²) in [6.07, 6.45) is 1.36. The van der Waals surface area contributed by atoms with Crippen LogP contribution in [0.25, 0.3) is 0 Å². The zero-order chi connectivity index (χ0) is 11.9. The van der Waals surface area contributed by atoms with E-state index >= 15 is 0 Å². The van der Waals surface area contributed by atoms with Gasteiger partial charge in [0.25, 0.3) is 0 Å². The fourth-order valence-corrected chi connectivity index (χ4v) is 2.00. The first-order valence-electron chi connectivity index (χ1n) is 5.01. The lowest BCUT2D eigenvalue weighted by atomic mass is 9.93. The smallest absolute Gasteiger partial charge is 0.339 e. The lowest BCUT2D eigenvalue weighted by molar-refractivity contribution is -0.133. The van der Waals surface area contributed by atoms with Crippen molar-refractivity contribution in [3.05, 3.63) is 17.5 Å². The fourth-order valence-electron chi connectivity index (χ4n) is 2.00. The number of rotatable bonds is 2. The van der Waals surface area contributed by atoms with Crippen LogP contribution in [0.1, 0.15) is 28.9 Å². The molecule has 6 heteroatoms. The Morgan fingerprint density at radius 3 is 2.62 bits per heavy atom. The second-order valence-corrected chi connectivity index (χ2v) is 3.99. The van der Waals surface area contributed by atoms with Gasteiger partial charge in [0.1, 0.15) is 5.56 Å². The molecule has 1 saturated heterocycles. The van der Waals surface area contributed by atoms with E-state index in [1.807, 2.05) is 0 Å². The summed E-state index contributed by atoms with van der Waals surface area (Å²) >= 11 is 0. The Morgan fingerprint density at radius 1 is 1.50 bits per heavy atom. The van der Waals surface area contributed by atoms with Crippen LogP contribution in [0.3, 0.4) is 0 Å². The number of nitrogens with zero attached hydrogens (tertiary/aromatic N) is 3. The average Bonchev–Trinajstić information content (AvgIpc) is 2.45. The highest BCUT2D eigenvalue weighted by Crippen LogP contribution is 2.29. The normalized spacial score (nSPS) is 16.0. The number of likely N-dealkylation sites (tertiary alicyclic amines) is 1. The monoisotopic (exact) mass is 223 g/mol. The first kappa shape index (κ1) is 10.7. The maximum absolute atomic E-state index is 11.0. The van der Waals surface area contributed by atoms with Gasteiger partial charge in [-0.1, -0.05) is 0 Å². The van der Waals surface area contributed by atoms with Gasteiger partial charge >= 0.3 is 5.97 Å². The van der Waals surface area contributed by atoms with E-state index in [2.05, 4.69) is 5.10 Å². The second kappa shape index (κ2) is 3.62. The molecule has 1 aliphatic rings. The van der Waals surface area contributed by atoms with Crippen LogP contribution in [0.15, 0.2) is 6.20 Å². The lowest BCUT2D eigenvalue weighted by Gasteiger charge is -2.38. The van der Waals surface area contributed by atoms with Gasteiger partial charge in [-0.3, -0.25) is 9.48 Å². The lowest BCUT2D eigenvalue weighted by Crippen LogP contribution is -2.48. The van der Waals surface area contributed by atoms with Gasteiger partial charge in [0.2, 0.25) is 5.91 Å². The van der Waals surface area contributed by atoms with Gasteiger partial charge in [-0.05, 0) is 0 Å². The number of aryl methyl sites for hydroxylation is 1. The minimum Gasteiger partial charge on any atom is -0.478 e. The van der Waals surface area contributed by atoms with Crippen molar-refractivity contribution in [3.8, 4) is 0 Å². The van der Waals surface area contributed by atoms with Gasteiger partial charge in [0.05, 0.1) is 11.9 Å². The molecule has 0 radical (unpaired) electrons. The summed E-state index contributed by atoms with van der Waals surface area (Å²) < 4.78 is 1.57. The molecule has 1 aromatic rings. The molecular weight excluding hydrogens is 210 g/mol. The van der Waals surface area contributed by atoms with Crippen molar-refractivity contribution >= 4 is 11.9 Å². The number of carboxylic acids is 1. The van der Waals surface area contributed by atoms with Crippen LogP contribution >= 0.6 is 0 Å². The third-order valence-corrected chi connectivity index (χ3v) is 2.93. The summed E-state index contributed by atoms with van der Waals surface area (Å²) in [4.78, 5) is 23.7. The highest BCUT2D eigenvalue weighted by atomic mass is 16.4. The van der Waals surface area contributed by atoms with Crippen molar-refractivity contribution in [3.63, 3.8) is 0 Å². The van der Waals surface area contributed by atoms with E-state index in [-0.39, 0.29) is 17.4 Å². The summed E-state index contributed by atoms with van der Waals surface area (Å²) in [5, 5.41) is 12.9. The van der Waals surface area contributed by atoms with Crippen LogP contribution in [-0.2, 0) is 11.8 Å². The zero-order valence-corrected chi connectivity index (χ0v) is 9.17. The predicted molar refractivity (Wildman–Crippen MR) is 55.2 cm³/mol. The summed E-state index contributed by atoms with van der Waals surface area (Å²) in [5.74, 6) is -0.859. The summed E-state index contributed by atoms with van der Waals surface area (Å²) in [5.41, 5.74) is 0.931. The molecule has 0 saturated carbocycles. The van der Waals surface area contributed by atoms with E-state index in [1.165, 1.54) is 13.1 Å². The molecule has 16 heavy (non-hydrogen) atoms. The average molecular weight is 223 g/mol. The third kappa shape index (κ3) is 1.56. The van der Waals surface area contributed by atoms with Gasteiger partial charge < -0.3 is 10.0 Å². The molecule has 0 bridgehead atoms. The van der Waals surface area contributed by atoms with Gasteiger partial charge in [-0.25, -0.2) is 4.79 Å². The van der Waals surface area contributed by atoms with Crippen molar-refractivity contribution in [2.45, 2.75) is 12.8 Å². The molecule has 1 aromatic heterocycles. The Balaban J connectivity index is 2.20. The van der Waals surface area contributed by atoms with Crippen LogP contribution in [-0.4, -0.2) is 44.8 Å². The number of aromatic carboxylic acids is 1. The third-order valence-electron chi connectivity index (χ3n) is 2.93. The van der Waals surface area contributed by atoms with Gasteiger partial charge in [-0.2, -0.15) is 5.10 Å². The Hall–Kier alpha value is -1.85. The molecule has 6 nitrogen and oxygen atoms in total. The number of carbonyl (C=O) groups excluding carboxylic acids is 1. The van der Waals surface area contributed by atoms with Crippen molar-refractivity contribution < 1.29 is 14.7 Å². The topological polar surface area (TPSA) is 75.4 Å². The van der Waals surface area contributed by atoms with E-state index < -0.39 is 5.97 Å². The van der Waals surface area contributed by atoms with Gasteiger partial charge in [0, 0.05) is 33.0 Å². The SMILES string of the molecule is CC(=O)N1CC(c2c(C(=O)O)cnn2C)C1. The van der Waals surface area contributed by atoms with E-state index in [1.54, 1.807) is 16.6 Å². The van der Waals surface area contributed by atoms with E-state index in [4.69, 9.17) is 5.11 Å². The Labute approximate surface area is 92.5 Å². The number of carboxylic acid groups (broad SMARTS) is 1. The Bertz CT molecular complexity index is 446. The van der Waals surface area contributed by atoms with Crippen molar-refractivity contribution in [2.24, 2.45) is 7.05 Å². The van der Waals surface area contributed by atoms with Crippen molar-refractivity contribution in [2.75, 3.05) is 13.1 Å². The number of amides is 1. The van der Waals surface area contributed by atoms with Crippen molar-refractivity contribution in [1.82, 2.24) is 14.7 Å². The van der Waals surface area contributed by atoms with Crippen LogP contribution in [0.4, 0.5) is 0 Å². The Morgan fingerprint density at radius 2 is 2.12 bits per heavy atom. The maximum Gasteiger partial charge on any atom is 0.339 e. The molecule has 1 fully saturated rings. The fraction of sp³-hybridized carbons (Fsp3) is 0.500. The molecule has 1 amide bonds. The first-order chi connectivity index (χ1) is 7.50. The van der Waals surface area contributed by atoms with E-state index in [9.17, 15) is 9.59 Å². The summed E-state index contributed by atoms with van der Waals surface area (Å²) in [7, 11) is 1.72. The maximum atomic E-state index is 11.0. The van der Waals surface area contributed by atoms with Crippen LogP contribution in [0.2, 0.25) is 0 Å². The summed E-state index contributed by atoms with van der Waals surface area (Å²) in [6.45, 7) is 2.67. The van der Waals surface area contributed by atoms with Gasteiger partial charge in [-0.15, -0.1) is 0 Å². The van der Waals surface area contributed by atoms with E-state index in [0.29, 0.717) is 18.8 Å².